The quantitative estimate of drug-likeness (QED) is 0.794. The molecule has 0 aliphatic rings. The smallest absolute Gasteiger partial charge is 0.124 e. The molecular weight excluding hydrogens is 262 g/mol. The van der Waals surface area contributed by atoms with Crippen molar-refractivity contribution in [3.63, 3.8) is 0 Å². The van der Waals surface area contributed by atoms with Crippen molar-refractivity contribution < 1.29 is 9.47 Å². The molecule has 2 rings (SSSR count). The van der Waals surface area contributed by atoms with Crippen LogP contribution in [0.25, 0.3) is 0 Å². The van der Waals surface area contributed by atoms with Crippen LogP contribution in [0.4, 0.5) is 0 Å². The zero-order valence-electron chi connectivity index (χ0n) is 12.7. The molecule has 3 heteroatoms. The van der Waals surface area contributed by atoms with Gasteiger partial charge >= 0.3 is 0 Å². The zero-order chi connectivity index (χ0) is 15.1. The Bertz CT molecular complexity index is 556. The van der Waals surface area contributed by atoms with Gasteiger partial charge in [-0.2, -0.15) is 0 Å². The summed E-state index contributed by atoms with van der Waals surface area (Å²) >= 11 is 0. The number of ether oxygens (including phenoxy) is 2. The SMILES string of the molecule is CCC(N)(c1ccccc1)c1ccccc1OCCOC. The minimum absolute atomic E-state index is 0.516. The first kappa shape index (κ1) is 15.5. The Hall–Kier alpha value is -1.84. The molecule has 2 aromatic rings. The van der Waals surface area contributed by atoms with E-state index in [2.05, 4.69) is 19.1 Å². The molecule has 1 atom stereocenters. The Morgan fingerprint density at radius 2 is 1.62 bits per heavy atom. The molecule has 0 saturated heterocycles. The summed E-state index contributed by atoms with van der Waals surface area (Å²) in [6.07, 6.45) is 0.793. The summed E-state index contributed by atoms with van der Waals surface area (Å²) in [4.78, 5) is 0. The third-order valence-corrected chi connectivity index (χ3v) is 3.76. The highest BCUT2D eigenvalue weighted by Gasteiger charge is 2.30. The van der Waals surface area contributed by atoms with Crippen LogP contribution >= 0.6 is 0 Å². The number of hydrogen-bond donors (Lipinski definition) is 1. The largest absolute Gasteiger partial charge is 0.491 e. The fourth-order valence-corrected chi connectivity index (χ4v) is 2.48. The van der Waals surface area contributed by atoms with Crippen molar-refractivity contribution in [2.24, 2.45) is 5.73 Å². The van der Waals surface area contributed by atoms with Crippen LogP contribution in [-0.2, 0) is 10.3 Å². The second kappa shape index (κ2) is 7.25. The van der Waals surface area contributed by atoms with Crippen LogP contribution in [0.15, 0.2) is 54.6 Å². The molecule has 0 saturated carbocycles. The average Bonchev–Trinajstić information content (AvgIpc) is 2.56. The Balaban J connectivity index is 2.38. The maximum atomic E-state index is 6.73. The molecule has 0 heterocycles. The van der Waals surface area contributed by atoms with Gasteiger partial charge in [0.1, 0.15) is 12.4 Å². The van der Waals surface area contributed by atoms with E-state index in [-0.39, 0.29) is 0 Å². The normalized spacial score (nSPS) is 13.7. The third kappa shape index (κ3) is 3.43. The second-order valence-electron chi connectivity index (χ2n) is 5.03. The molecule has 0 amide bonds. The summed E-state index contributed by atoms with van der Waals surface area (Å²) in [5.74, 6) is 0.822. The molecule has 0 spiro atoms. The van der Waals surface area contributed by atoms with Gasteiger partial charge in [-0.1, -0.05) is 55.5 Å². The van der Waals surface area contributed by atoms with Gasteiger partial charge in [-0.15, -0.1) is 0 Å². The van der Waals surface area contributed by atoms with Gasteiger partial charge in [0.15, 0.2) is 0 Å². The lowest BCUT2D eigenvalue weighted by atomic mass is 9.81. The summed E-state index contributed by atoms with van der Waals surface area (Å²) in [5, 5.41) is 0. The molecule has 2 N–H and O–H groups in total. The second-order valence-corrected chi connectivity index (χ2v) is 5.03. The lowest BCUT2D eigenvalue weighted by Crippen LogP contribution is -2.37. The monoisotopic (exact) mass is 285 g/mol. The van der Waals surface area contributed by atoms with Crippen LogP contribution in [0.1, 0.15) is 24.5 Å². The molecular formula is C18H23NO2. The summed E-state index contributed by atoms with van der Waals surface area (Å²) in [6, 6.07) is 18.1. The number of nitrogens with two attached hydrogens (primary N) is 1. The molecule has 0 bridgehead atoms. The van der Waals surface area contributed by atoms with Crippen LogP contribution in [0.5, 0.6) is 5.75 Å². The lowest BCUT2D eigenvalue weighted by molar-refractivity contribution is 0.145. The minimum Gasteiger partial charge on any atom is -0.491 e. The van der Waals surface area contributed by atoms with E-state index in [1.807, 2.05) is 42.5 Å². The van der Waals surface area contributed by atoms with E-state index in [1.54, 1.807) is 7.11 Å². The van der Waals surface area contributed by atoms with Crippen LogP contribution in [0.2, 0.25) is 0 Å². The molecule has 0 aliphatic heterocycles. The lowest BCUT2D eigenvalue weighted by Gasteiger charge is -2.31. The molecule has 0 aliphatic carbocycles. The summed E-state index contributed by atoms with van der Waals surface area (Å²) < 4.78 is 10.9. The number of hydrogen-bond acceptors (Lipinski definition) is 3. The van der Waals surface area contributed by atoms with Crippen molar-refractivity contribution in [3.8, 4) is 5.75 Å². The summed E-state index contributed by atoms with van der Waals surface area (Å²) in [7, 11) is 1.67. The standard InChI is InChI=1S/C18H23NO2/c1-3-18(19,15-9-5-4-6-10-15)16-11-7-8-12-17(16)21-14-13-20-2/h4-12H,3,13-14,19H2,1-2H3. The molecule has 1 unspecified atom stereocenters. The average molecular weight is 285 g/mol. The van der Waals surface area contributed by atoms with Gasteiger partial charge < -0.3 is 15.2 Å². The molecule has 112 valence electrons. The van der Waals surface area contributed by atoms with E-state index in [9.17, 15) is 0 Å². The van der Waals surface area contributed by atoms with Crippen molar-refractivity contribution in [3.05, 3.63) is 65.7 Å². The van der Waals surface area contributed by atoms with Gasteiger partial charge in [0.25, 0.3) is 0 Å². The van der Waals surface area contributed by atoms with Crippen molar-refractivity contribution in [1.29, 1.82) is 0 Å². The van der Waals surface area contributed by atoms with E-state index in [4.69, 9.17) is 15.2 Å². The van der Waals surface area contributed by atoms with E-state index in [1.165, 1.54) is 0 Å². The Kier molecular flexibility index (Phi) is 5.37. The number of rotatable bonds is 7. The first-order chi connectivity index (χ1) is 10.2. The molecule has 0 aromatic heterocycles. The van der Waals surface area contributed by atoms with Gasteiger partial charge in [0.05, 0.1) is 12.1 Å². The van der Waals surface area contributed by atoms with E-state index >= 15 is 0 Å². The van der Waals surface area contributed by atoms with E-state index in [0.29, 0.717) is 13.2 Å². The summed E-state index contributed by atoms with van der Waals surface area (Å²) in [5.41, 5.74) is 8.28. The van der Waals surface area contributed by atoms with Crippen LogP contribution in [-0.4, -0.2) is 20.3 Å². The minimum atomic E-state index is -0.551. The van der Waals surface area contributed by atoms with Gasteiger partial charge in [-0.25, -0.2) is 0 Å². The van der Waals surface area contributed by atoms with Crippen LogP contribution in [0.3, 0.4) is 0 Å². The fourth-order valence-electron chi connectivity index (χ4n) is 2.48. The maximum absolute atomic E-state index is 6.73. The summed E-state index contributed by atoms with van der Waals surface area (Å²) in [6.45, 7) is 3.17. The van der Waals surface area contributed by atoms with E-state index < -0.39 is 5.54 Å². The zero-order valence-corrected chi connectivity index (χ0v) is 12.7. The molecule has 0 fully saturated rings. The van der Waals surface area contributed by atoms with Gasteiger partial charge in [0.2, 0.25) is 0 Å². The molecule has 0 radical (unpaired) electrons. The fraction of sp³-hybridized carbons (Fsp3) is 0.333. The Morgan fingerprint density at radius 3 is 2.29 bits per heavy atom. The topological polar surface area (TPSA) is 44.5 Å². The molecule has 3 nitrogen and oxygen atoms in total. The highest BCUT2D eigenvalue weighted by atomic mass is 16.5. The first-order valence-corrected chi connectivity index (χ1v) is 7.28. The van der Waals surface area contributed by atoms with Gasteiger partial charge in [-0.3, -0.25) is 0 Å². The Labute approximate surface area is 126 Å². The predicted octanol–water partition coefficient (Wildman–Crippen LogP) is 3.32. The molecule has 2 aromatic carbocycles. The van der Waals surface area contributed by atoms with Crippen molar-refractivity contribution in [2.75, 3.05) is 20.3 Å². The van der Waals surface area contributed by atoms with E-state index in [0.717, 1.165) is 23.3 Å². The highest BCUT2D eigenvalue weighted by molar-refractivity contribution is 5.46. The van der Waals surface area contributed by atoms with Crippen molar-refractivity contribution >= 4 is 0 Å². The third-order valence-electron chi connectivity index (χ3n) is 3.76. The molecule has 21 heavy (non-hydrogen) atoms. The van der Waals surface area contributed by atoms with Crippen LogP contribution in [0, 0.1) is 0 Å². The Morgan fingerprint density at radius 1 is 0.952 bits per heavy atom. The van der Waals surface area contributed by atoms with Gasteiger partial charge in [-0.05, 0) is 18.1 Å². The van der Waals surface area contributed by atoms with Crippen molar-refractivity contribution in [1.82, 2.24) is 0 Å². The number of benzene rings is 2. The highest BCUT2D eigenvalue weighted by Crippen LogP contribution is 2.36. The predicted molar refractivity (Wildman–Crippen MR) is 85.5 cm³/mol. The number of methoxy groups -OCH3 is 1. The number of para-hydroxylation sites is 1. The van der Waals surface area contributed by atoms with Crippen LogP contribution < -0.4 is 10.5 Å². The maximum Gasteiger partial charge on any atom is 0.124 e. The van der Waals surface area contributed by atoms with Gasteiger partial charge in [0, 0.05) is 12.7 Å². The van der Waals surface area contributed by atoms with Crippen molar-refractivity contribution in [2.45, 2.75) is 18.9 Å². The first-order valence-electron chi connectivity index (χ1n) is 7.28.